The van der Waals surface area contributed by atoms with Crippen LogP contribution in [0.25, 0.3) is 0 Å². The Morgan fingerprint density at radius 2 is 2.10 bits per heavy atom. The van der Waals surface area contributed by atoms with Crippen molar-refractivity contribution in [1.29, 1.82) is 0 Å². The molecule has 1 aromatic rings. The third-order valence-electron chi connectivity index (χ3n) is 3.51. The van der Waals surface area contributed by atoms with Crippen LogP contribution in [0.2, 0.25) is 0 Å². The zero-order valence-corrected chi connectivity index (χ0v) is 11.4. The van der Waals surface area contributed by atoms with Crippen LogP contribution in [0.4, 0.5) is 17.6 Å². The van der Waals surface area contributed by atoms with Crippen LogP contribution in [0.5, 0.6) is 0 Å². The minimum atomic E-state index is -4.41. The Hall–Kier alpha value is -1.70. The van der Waals surface area contributed by atoms with Crippen molar-refractivity contribution in [3.05, 3.63) is 29.8 Å². The predicted molar refractivity (Wildman–Crippen MR) is 67.2 cm³/mol. The largest absolute Gasteiger partial charge is 0.405 e. The molecule has 1 atom stereocenters. The van der Waals surface area contributed by atoms with Gasteiger partial charge in [0.2, 0.25) is 0 Å². The van der Waals surface area contributed by atoms with Gasteiger partial charge in [-0.3, -0.25) is 14.7 Å². The van der Waals surface area contributed by atoms with E-state index >= 15 is 0 Å². The van der Waals surface area contributed by atoms with Crippen molar-refractivity contribution in [3.63, 3.8) is 0 Å². The highest BCUT2D eigenvalue weighted by Crippen LogP contribution is 2.28. The molecule has 116 valence electrons. The number of aromatic nitrogens is 1. The fraction of sp³-hybridized carbons (Fsp3) is 0.538. The van der Waals surface area contributed by atoms with E-state index in [1.165, 1.54) is 4.90 Å². The van der Waals surface area contributed by atoms with Crippen LogP contribution < -0.4 is 0 Å². The Labute approximate surface area is 119 Å². The zero-order valence-electron chi connectivity index (χ0n) is 11.4. The summed E-state index contributed by atoms with van der Waals surface area (Å²) in [6, 6.07) is -0.717. The normalized spacial score (nSPS) is 20.6. The molecule has 1 amide bonds. The Kier molecular flexibility index (Phi) is 4.46. The molecule has 2 heterocycles. The summed E-state index contributed by atoms with van der Waals surface area (Å²) < 4.78 is 52.1. The van der Waals surface area contributed by atoms with E-state index in [1.807, 2.05) is 0 Å². The summed E-state index contributed by atoms with van der Waals surface area (Å²) in [6.45, 7) is 1.76. The first-order valence-electron chi connectivity index (χ1n) is 6.53. The number of carbonyl (C=O) groups is 1. The first kappa shape index (κ1) is 15.7. The van der Waals surface area contributed by atoms with Crippen LogP contribution in [0, 0.1) is 5.82 Å². The molecule has 0 radical (unpaired) electrons. The standard InChI is InChI=1S/C13H15F4N3O/c1-2-19-3-4-20(8-11(19)13(15,16)17)12(21)9-5-10(14)7-18-6-9/h5-7,11H,2-4,8H2,1H3. The van der Waals surface area contributed by atoms with Crippen LogP contribution >= 0.6 is 0 Å². The molecule has 8 heteroatoms. The lowest BCUT2D eigenvalue weighted by Crippen LogP contribution is -2.59. The fourth-order valence-corrected chi connectivity index (χ4v) is 2.41. The average Bonchev–Trinajstić information content (AvgIpc) is 2.45. The van der Waals surface area contributed by atoms with Gasteiger partial charge in [-0.2, -0.15) is 13.2 Å². The lowest BCUT2D eigenvalue weighted by Gasteiger charge is -2.41. The molecule has 0 spiro atoms. The minimum Gasteiger partial charge on any atom is -0.335 e. The van der Waals surface area contributed by atoms with E-state index in [1.54, 1.807) is 6.92 Å². The van der Waals surface area contributed by atoms with Gasteiger partial charge in [0.25, 0.3) is 5.91 Å². The van der Waals surface area contributed by atoms with Gasteiger partial charge in [-0.05, 0) is 12.6 Å². The molecule has 1 unspecified atom stereocenters. The quantitative estimate of drug-likeness (QED) is 0.783. The molecule has 0 aromatic carbocycles. The highest BCUT2D eigenvalue weighted by molar-refractivity contribution is 5.94. The summed E-state index contributed by atoms with van der Waals surface area (Å²) in [7, 11) is 0. The number of likely N-dealkylation sites (N-methyl/N-ethyl adjacent to an activating group) is 1. The number of alkyl halides is 3. The molecule has 2 rings (SSSR count). The van der Waals surface area contributed by atoms with Gasteiger partial charge in [-0.25, -0.2) is 4.39 Å². The average molecular weight is 305 g/mol. The number of rotatable bonds is 2. The molecule has 1 fully saturated rings. The van der Waals surface area contributed by atoms with Gasteiger partial charge in [0.15, 0.2) is 0 Å². The molecule has 0 N–H and O–H groups in total. The molecule has 21 heavy (non-hydrogen) atoms. The summed E-state index contributed by atoms with van der Waals surface area (Å²) in [6.07, 6.45) is -2.32. The van der Waals surface area contributed by atoms with E-state index in [0.717, 1.165) is 23.4 Å². The van der Waals surface area contributed by atoms with Crippen molar-refractivity contribution in [2.24, 2.45) is 0 Å². The summed E-state index contributed by atoms with van der Waals surface area (Å²) in [4.78, 5) is 18.1. The first-order valence-corrected chi connectivity index (χ1v) is 6.53. The van der Waals surface area contributed by atoms with Crippen molar-refractivity contribution in [3.8, 4) is 0 Å². The molecule has 4 nitrogen and oxygen atoms in total. The minimum absolute atomic E-state index is 0.0409. The van der Waals surface area contributed by atoms with Gasteiger partial charge in [-0.15, -0.1) is 0 Å². The number of amides is 1. The molecule has 1 aliphatic heterocycles. The van der Waals surface area contributed by atoms with Crippen LogP contribution in [0.15, 0.2) is 18.5 Å². The predicted octanol–water partition coefficient (Wildman–Crippen LogP) is 1.93. The van der Waals surface area contributed by atoms with E-state index in [0.29, 0.717) is 0 Å². The van der Waals surface area contributed by atoms with Crippen molar-refractivity contribution >= 4 is 5.91 Å². The van der Waals surface area contributed by atoms with Gasteiger partial charge in [0.05, 0.1) is 11.8 Å². The zero-order chi connectivity index (χ0) is 15.6. The summed E-state index contributed by atoms with van der Waals surface area (Å²) in [5.41, 5.74) is -0.0409. The van der Waals surface area contributed by atoms with Gasteiger partial charge in [0.1, 0.15) is 11.9 Å². The van der Waals surface area contributed by atoms with Gasteiger partial charge in [0, 0.05) is 25.8 Å². The maximum absolute atomic E-state index is 13.1. The number of nitrogens with zero attached hydrogens (tertiary/aromatic N) is 3. The lowest BCUT2D eigenvalue weighted by atomic mass is 10.1. The monoisotopic (exact) mass is 305 g/mol. The Morgan fingerprint density at radius 1 is 1.38 bits per heavy atom. The van der Waals surface area contributed by atoms with Gasteiger partial charge >= 0.3 is 6.18 Å². The fourth-order valence-electron chi connectivity index (χ4n) is 2.41. The number of hydrogen-bond acceptors (Lipinski definition) is 3. The summed E-state index contributed by atoms with van der Waals surface area (Å²) in [5, 5.41) is 0. The van der Waals surface area contributed by atoms with Crippen LogP contribution in [-0.4, -0.2) is 59.1 Å². The molecule has 1 saturated heterocycles. The van der Waals surface area contributed by atoms with Crippen LogP contribution in [0.3, 0.4) is 0 Å². The molecule has 0 aliphatic carbocycles. The topological polar surface area (TPSA) is 36.4 Å². The van der Waals surface area contributed by atoms with E-state index in [-0.39, 0.29) is 25.2 Å². The SMILES string of the molecule is CCN1CCN(C(=O)c2cncc(F)c2)CC1C(F)(F)F. The van der Waals surface area contributed by atoms with E-state index in [2.05, 4.69) is 4.98 Å². The van der Waals surface area contributed by atoms with Crippen molar-refractivity contribution in [1.82, 2.24) is 14.8 Å². The smallest absolute Gasteiger partial charge is 0.335 e. The molecule has 1 aliphatic rings. The Morgan fingerprint density at radius 3 is 2.67 bits per heavy atom. The number of halogens is 4. The maximum atomic E-state index is 13.1. The van der Waals surface area contributed by atoms with E-state index in [9.17, 15) is 22.4 Å². The number of carbonyl (C=O) groups excluding carboxylic acids is 1. The third-order valence-corrected chi connectivity index (χ3v) is 3.51. The summed E-state index contributed by atoms with van der Waals surface area (Å²) >= 11 is 0. The maximum Gasteiger partial charge on any atom is 0.405 e. The Bertz CT molecular complexity index is 520. The number of hydrogen-bond donors (Lipinski definition) is 0. The molecule has 0 bridgehead atoms. The second-order valence-corrected chi connectivity index (χ2v) is 4.83. The van der Waals surface area contributed by atoms with E-state index in [4.69, 9.17) is 0 Å². The van der Waals surface area contributed by atoms with Crippen molar-refractivity contribution in [2.75, 3.05) is 26.2 Å². The van der Waals surface area contributed by atoms with E-state index < -0.39 is 30.5 Å². The molecular weight excluding hydrogens is 290 g/mol. The number of pyridine rings is 1. The Balaban J connectivity index is 2.16. The lowest BCUT2D eigenvalue weighted by molar-refractivity contribution is -0.193. The highest BCUT2D eigenvalue weighted by Gasteiger charge is 2.46. The summed E-state index contributed by atoms with van der Waals surface area (Å²) in [5.74, 6) is -1.33. The van der Waals surface area contributed by atoms with Crippen molar-refractivity contribution < 1.29 is 22.4 Å². The number of piperazine rings is 1. The van der Waals surface area contributed by atoms with Crippen LogP contribution in [-0.2, 0) is 0 Å². The highest BCUT2D eigenvalue weighted by atomic mass is 19.4. The second kappa shape index (κ2) is 5.97. The first-order chi connectivity index (χ1) is 9.82. The molecular formula is C13H15F4N3O. The molecule has 0 saturated carbocycles. The molecule has 1 aromatic heterocycles. The van der Waals surface area contributed by atoms with Crippen molar-refractivity contribution in [2.45, 2.75) is 19.1 Å². The third kappa shape index (κ3) is 3.49. The van der Waals surface area contributed by atoms with Crippen LogP contribution in [0.1, 0.15) is 17.3 Å². The second-order valence-electron chi connectivity index (χ2n) is 4.83. The van der Waals surface area contributed by atoms with Gasteiger partial charge in [-0.1, -0.05) is 6.92 Å². The van der Waals surface area contributed by atoms with Gasteiger partial charge < -0.3 is 4.90 Å².